The maximum Gasteiger partial charge on any atom is 0.252 e. The number of hydrogen-bond donors (Lipinski definition) is 1. The van der Waals surface area contributed by atoms with Crippen LogP contribution >= 0.6 is 11.3 Å². The van der Waals surface area contributed by atoms with Crippen molar-refractivity contribution in [1.82, 2.24) is 4.31 Å². The van der Waals surface area contributed by atoms with Crippen LogP contribution in [0.25, 0.3) is 0 Å². The molecule has 0 radical (unpaired) electrons. The summed E-state index contributed by atoms with van der Waals surface area (Å²) >= 11 is 1.25. The molecule has 0 amide bonds. The Labute approximate surface area is 93.8 Å². The summed E-state index contributed by atoms with van der Waals surface area (Å²) < 4.78 is 26.1. The van der Waals surface area contributed by atoms with E-state index in [9.17, 15) is 8.42 Å². The average molecular weight is 246 g/mol. The zero-order valence-electron chi connectivity index (χ0n) is 8.30. The van der Waals surface area contributed by atoms with Gasteiger partial charge in [-0.15, -0.1) is 11.3 Å². The lowest BCUT2D eigenvalue weighted by atomic mass is 10.1. The first kappa shape index (κ1) is 11.1. The first-order valence-corrected chi connectivity index (χ1v) is 7.22. The van der Waals surface area contributed by atoms with Crippen molar-refractivity contribution in [3.63, 3.8) is 0 Å². The predicted octanol–water partition coefficient (Wildman–Crippen LogP) is 0.860. The Bertz CT molecular complexity index is 413. The van der Waals surface area contributed by atoms with Crippen molar-refractivity contribution in [3.8, 4) is 0 Å². The molecule has 15 heavy (non-hydrogen) atoms. The van der Waals surface area contributed by atoms with E-state index in [1.54, 1.807) is 17.5 Å². The van der Waals surface area contributed by atoms with Crippen molar-refractivity contribution < 1.29 is 8.42 Å². The third kappa shape index (κ3) is 2.23. The standard InChI is InChI=1S/C9H14N2O2S2/c10-8-3-1-5-11(7-8)15(12,13)9-4-2-6-14-9/h2,4,6,8H,1,3,5,7,10H2. The number of sulfonamides is 1. The lowest BCUT2D eigenvalue weighted by molar-refractivity contribution is 0.316. The summed E-state index contributed by atoms with van der Waals surface area (Å²) in [5, 5.41) is 1.77. The fourth-order valence-electron chi connectivity index (χ4n) is 1.73. The average Bonchev–Trinajstić information content (AvgIpc) is 2.71. The van der Waals surface area contributed by atoms with Crippen LogP contribution in [0.15, 0.2) is 21.7 Å². The van der Waals surface area contributed by atoms with E-state index in [2.05, 4.69) is 0 Å². The third-order valence-electron chi connectivity index (χ3n) is 2.51. The Morgan fingerprint density at radius 2 is 2.33 bits per heavy atom. The van der Waals surface area contributed by atoms with E-state index in [1.807, 2.05) is 0 Å². The molecule has 1 aliphatic heterocycles. The molecule has 0 aliphatic carbocycles. The van der Waals surface area contributed by atoms with Gasteiger partial charge in [0, 0.05) is 19.1 Å². The molecular formula is C9H14N2O2S2. The highest BCUT2D eigenvalue weighted by Gasteiger charge is 2.29. The topological polar surface area (TPSA) is 63.4 Å². The van der Waals surface area contributed by atoms with Crippen molar-refractivity contribution in [1.29, 1.82) is 0 Å². The highest BCUT2D eigenvalue weighted by molar-refractivity contribution is 7.91. The summed E-state index contributed by atoms with van der Waals surface area (Å²) in [5.41, 5.74) is 5.77. The monoisotopic (exact) mass is 246 g/mol. The fourth-order valence-corrected chi connectivity index (χ4v) is 4.41. The lowest BCUT2D eigenvalue weighted by Crippen LogP contribution is -2.45. The molecule has 6 heteroatoms. The summed E-state index contributed by atoms with van der Waals surface area (Å²) in [7, 11) is -3.28. The number of rotatable bonds is 2. The maximum absolute atomic E-state index is 12.1. The first-order valence-electron chi connectivity index (χ1n) is 4.90. The van der Waals surface area contributed by atoms with Crippen molar-refractivity contribution in [2.75, 3.05) is 13.1 Å². The SMILES string of the molecule is NC1CCCN(S(=O)(=O)c2cccs2)C1. The van der Waals surface area contributed by atoms with E-state index in [0.717, 1.165) is 12.8 Å². The number of piperidine rings is 1. The first-order chi connectivity index (χ1) is 7.10. The molecule has 1 aromatic heterocycles. The van der Waals surface area contributed by atoms with E-state index in [4.69, 9.17) is 5.73 Å². The van der Waals surface area contributed by atoms with Crippen molar-refractivity contribution in [3.05, 3.63) is 17.5 Å². The third-order valence-corrected chi connectivity index (χ3v) is 5.75. The molecule has 2 N–H and O–H groups in total. The maximum atomic E-state index is 12.1. The van der Waals surface area contributed by atoms with Gasteiger partial charge in [0.2, 0.25) is 0 Å². The number of thiophene rings is 1. The van der Waals surface area contributed by atoms with Gasteiger partial charge in [-0.2, -0.15) is 4.31 Å². The zero-order valence-corrected chi connectivity index (χ0v) is 9.93. The minimum absolute atomic E-state index is 0.0199. The molecule has 1 fully saturated rings. The van der Waals surface area contributed by atoms with Crippen LogP contribution in [0, 0.1) is 0 Å². The molecule has 1 aliphatic rings. The highest BCUT2D eigenvalue weighted by atomic mass is 32.2. The molecule has 0 saturated carbocycles. The number of hydrogen-bond acceptors (Lipinski definition) is 4. The minimum atomic E-state index is -3.28. The van der Waals surface area contributed by atoms with Gasteiger partial charge < -0.3 is 5.73 Å². The van der Waals surface area contributed by atoms with Gasteiger partial charge in [-0.25, -0.2) is 8.42 Å². The van der Waals surface area contributed by atoms with Crippen molar-refractivity contribution in [2.45, 2.75) is 23.1 Å². The van der Waals surface area contributed by atoms with Crippen molar-refractivity contribution >= 4 is 21.4 Å². The summed E-state index contributed by atoms with van der Waals surface area (Å²) in [6.45, 7) is 1.04. The molecule has 1 unspecified atom stereocenters. The van der Waals surface area contributed by atoms with E-state index < -0.39 is 10.0 Å². The molecule has 1 saturated heterocycles. The Hall–Kier alpha value is -0.430. The second-order valence-corrected chi connectivity index (χ2v) is 6.81. The van der Waals surface area contributed by atoms with Crippen molar-refractivity contribution in [2.24, 2.45) is 5.73 Å². The Morgan fingerprint density at radius 3 is 2.93 bits per heavy atom. The second-order valence-electron chi connectivity index (χ2n) is 3.70. The lowest BCUT2D eigenvalue weighted by Gasteiger charge is -2.29. The summed E-state index contributed by atoms with van der Waals surface area (Å²) in [4.78, 5) is 0. The smallest absolute Gasteiger partial charge is 0.252 e. The molecule has 0 spiro atoms. The molecular weight excluding hydrogens is 232 g/mol. The van der Waals surface area contributed by atoms with E-state index >= 15 is 0 Å². The van der Waals surface area contributed by atoms with Crippen LogP contribution < -0.4 is 5.73 Å². The molecule has 0 bridgehead atoms. The second kappa shape index (κ2) is 4.21. The normalized spacial score (nSPS) is 24.2. The van der Waals surface area contributed by atoms with Gasteiger partial charge in [0.05, 0.1) is 0 Å². The van der Waals surface area contributed by atoms with E-state index in [1.165, 1.54) is 15.6 Å². The number of nitrogens with zero attached hydrogens (tertiary/aromatic N) is 1. The van der Waals surface area contributed by atoms with Gasteiger partial charge in [-0.05, 0) is 24.3 Å². The van der Waals surface area contributed by atoms with Crippen LogP contribution in [-0.2, 0) is 10.0 Å². The predicted molar refractivity (Wildman–Crippen MR) is 60.3 cm³/mol. The Kier molecular flexibility index (Phi) is 3.11. The fraction of sp³-hybridized carbons (Fsp3) is 0.556. The Balaban J connectivity index is 2.22. The molecule has 2 heterocycles. The van der Waals surface area contributed by atoms with Gasteiger partial charge in [0.1, 0.15) is 4.21 Å². The van der Waals surface area contributed by atoms with Gasteiger partial charge in [0.15, 0.2) is 0 Å². The van der Waals surface area contributed by atoms with Gasteiger partial charge >= 0.3 is 0 Å². The molecule has 1 aromatic rings. The largest absolute Gasteiger partial charge is 0.327 e. The van der Waals surface area contributed by atoms with Crippen LogP contribution in [0.2, 0.25) is 0 Å². The van der Waals surface area contributed by atoms with Crippen LogP contribution in [-0.4, -0.2) is 31.9 Å². The summed E-state index contributed by atoms with van der Waals surface area (Å²) in [6, 6.07) is 3.37. The minimum Gasteiger partial charge on any atom is -0.327 e. The molecule has 4 nitrogen and oxygen atoms in total. The highest BCUT2D eigenvalue weighted by Crippen LogP contribution is 2.23. The van der Waals surface area contributed by atoms with E-state index in [0.29, 0.717) is 17.3 Å². The van der Waals surface area contributed by atoms with Crippen LogP contribution in [0.1, 0.15) is 12.8 Å². The van der Waals surface area contributed by atoms with Gasteiger partial charge in [-0.1, -0.05) is 6.07 Å². The molecule has 0 aromatic carbocycles. The Morgan fingerprint density at radius 1 is 1.53 bits per heavy atom. The van der Waals surface area contributed by atoms with E-state index in [-0.39, 0.29) is 6.04 Å². The summed E-state index contributed by atoms with van der Waals surface area (Å²) in [5.74, 6) is 0. The summed E-state index contributed by atoms with van der Waals surface area (Å²) in [6.07, 6.45) is 1.77. The van der Waals surface area contributed by atoms with Crippen LogP contribution in [0.4, 0.5) is 0 Å². The van der Waals surface area contributed by atoms with Gasteiger partial charge in [0.25, 0.3) is 10.0 Å². The van der Waals surface area contributed by atoms with Crippen LogP contribution in [0.5, 0.6) is 0 Å². The molecule has 2 rings (SSSR count). The zero-order chi connectivity index (χ0) is 10.9. The molecule has 84 valence electrons. The quantitative estimate of drug-likeness (QED) is 0.842. The van der Waals surface area contributed by atoms with Crippen LogP contribution in [0.3, 0.4) is 0 Å². The number of nitrogens with two attached hydrogens (primary N) is 1. The molecule has 1 atom stereocenters. The van der Waals surface area contributed by atoms with Gasteiger partial charge in [-0.3, -0.25) is 0 Å².